The molecule has 1 aromatic carbocycles. The molecule has 2 heterocycles. The Morgan fingerprint density at radius 2 is 2.00 bits per heavy atom. The molecule has 0 aliphatic heterocycles. The summed E-state index contributed by atoms with van der Waals surface area (Å²) in [6.45, 7) is 5.83. The van der Waals surface area contributed by atoms with E-state index in [9.17, 15) is 13.6 Å². The predicted octanol–water partition coefficient (Wildman–Crippen LogP) is 4.17. The summed E-state index contributed by atoms with van der Waals surface area (Å²) in [5.41, 5.74) is 0.676. The number of nitrogens with zero attached hydrogens (tertiary/aromatic N) is 4. The van der Waals surface area contributed by atoms with E-state index in [1.54, 1.807) is 37.5 Å². The van der Waals surface area contributed by atoms with Crippen molar-refractivity contribution in [1.29, 1.82) is 0 Å². The zero-order valence-corrected chi connectivity index (χ0v) is 15.3. The number of ketones is 1. The van der Waals surface area contributed by atoms with Crippen molar-refractivity contribution in [3.63, 3.8) is 0 Å². The van der Waals surface area contributed by atoms with E-state index in [2.05, 4.69) is 21.8 Å². The maximum Gasteiger partial charge on any atom is 0.192 e. The minimum absolute atomic E-state index is 0.152. The lowest BCUT2D eigenvalue weighted by atomic mass is 10.1. The van der Waals surface area contributed by atoms with Gasteiger partial charge in [-0.25, -0.2) is 8.78 Å². The van der Waals surface area contributed by atoms with E-state index >= 15 is 0 Å². The van der Waals surface area contributed by atoms with Crippen LogP contribution in [0.2, 0.25) is 0 Å². The molecule has 2 aromatic heterocycles. The van der Waals surface area contributed by atoms with Crippen LogP contribution < -0.4 is 0 Å². The van der Waals surface area contributed by atoms with Gasteiger partial charge in [0.25, 0.3) is 0 Å². The summed E-state index contributed by atoms with van der Waals surface area (Å²) in [5, 5.41) is 8.24. The third-order valence-electron chi connectivity index (χ3n) is 3.82. The van der Waals surface area contributed by atoms with Gasteiger partial charge in [-0.3, -0.25) is 14.3 Å². The number of rotatable bonds is 7. The van der Waals surface area contributed by atoms with Crippen LogP contribution in [0.5, 0.6) is 0 Å². The summed E-state index contributed by atoms with van der Waals surface area (Å²) in [4.78, 5) is 16.5. The molecule has 27 heavy (non-hydrogen) atoms. The zero-order valence-electron chi connectivity index (χ0n) is 14.5. The Morgan fingerprint density at radius 3 is 2.67 bits per heavy atom. The van der Waals surface area contributed by atoms with Crippen LogP contribution in [0.15, 0.2) is 60.5 Å². The highest BCUT2D eigenvalue weighted by Crippen LogP contribution is 2.28. The summed E-state index contributed by atoms with van der Waals surface area (Å²) in [6, 6.07) is 6.53. The average Bonchev–Trinajstić information content (AvgIpc) is 3.04. The highest BCUT2D eigenvalue weighted by Gasteiger charge is 2.23. The van der Waals surface area contributed by atoms with Crippen molar-refractivity contribution in [3.05, 3.63) is 72.6 Å². The first kappa shape index (κ1) is 18.9. The van der Waals surface area contributed by atoms with Gasteiger partial charge in [0.15, 0.2) is 16.8 Å². The minimum Gasteiger partial charge on any atom is -0.298 e. The normalized spacial score (nSPS) is 12.0. The van der Waals surface area contributed by atoms with Gasteiger partial charge in [0, 0.05) is 30.6 Å². The Bertz CT molecular complexity index is 975. The molecule has 0 saturated carbocycles. The third-order valence-corrected chi connectivity index (χ3v) is 4.90. The van der Waals surface area contributed by atoms with Crippen LogP contribution in [0.25, 0.3) is 11.4 Å². The SMILES string of the molecule is C=CCn1c(SC(C)C(=O)c2ccc(F)cc2F)nnc1-c1ccncc1. The molecule has 0 N–H and O–H groups in total. The number of halogens is 2. The maximum absolute atomic E-state index is 13.9. The van der Waals surface area contributed by atoms with Crippen LogP contribution in [0.4, 0.5) is 8.78 Å². The molecular weight excluding hydrogens is 370 g/mol. The number of carbonyl (C=O) groups is 1. The van der Waals surface area contributed by atoms with Crippen molar-refractivity contribution in [2.75, 3.05) is 0 Å². The topological polar surface area (TPSA) is 60.7 Å². The molecule has 138 valence electrons. The fourth-order valence-corrected chi connectivity index (χ4v) is 3.43. The Balaban J connectivity index is 1.87. The van der Waals surface area contributed by atoms with E-state index in [1.807, 2.05) is 4.57 Å². The smallest absolute Gasteiger partial charge is 0.192 e. The standard InChI is InChI=1S/C19H16F2N4OS/c1-3-10-25-18(13-6-8-22-9-7-13)23-24-19(25)27-12(2)17(26)15-5-4-14(20)11-16(15)21/h3-9,11-12H,1,10H2,2H3. The molecule has 8 heteroatoms. The Labute approximate surface area is 159 Å². The van der Waals surface area contributed by atoms with Crippen LogP contribution >= 0.6 is 11.8 Å². The minimum atomic E-state index is -0.877. The molecule has 0 bridgehead atoms. The van der Waals surface area contributed by atoms with Crippen molar-refractivity contribution in [1.82, 2.24) is 19.7 Å². The summed E-state index contributed by atoms with van der Waals surface area (Å²) in [7, 11) is 0. The lowest BCUT2D eigenvalue weighted by Gasteiger charge is -2.12. The second-order valence-electron chi connectivity index (χ2n) is 5.69. The number of aromatic nitrogens is 4. The summed E-state index contributed by atoms with van der Waals surface area (Å²) in [6.07, 6.45) is 5.00. The second kappa shape index (κ2) is 8.22. The largest absolute Gasteiger partial charge is 0.298 e. The molecule has 0 amide bonds. The van der Waals surface area contributed by atoms with E-state index in [-0.39, 0.29) is 5.56 Å². The molecule has 0 radical (unpaired) electrons. The molecule has 0 spiro atoms. The molecule has 3 aromatic rings. The number of hydrogen-bond acceptors (Lipinski definition) is 5. The number of carbonyl (C=O) groups excluding carboxylic acids is 1. The van der Waals surface area contributed by atoms with E-state index in [4.69, 9.17) is 0 Å². The van der Waals surface area contributed by atoms with E-state index in [0.29, 0.717) is 23.6 Å². The molecule has 0 aliphatic carbocycles. The number of allylic oxidation sites excluding steroid dienone is 1. The van der Waals surface area contributed by atoms with E-state index < -0.39 is 22.7 Å². The lowest BCUT2D eigenvalue weighted by Crippen LogP contribution is -2.16. The lowest BCUT2D eigenvalue weighted by molar-refractivity contribution is 0.0990. The van der Waals surface area contributed by atoms with Gasteiger partial charge < -0.3 is 0 Å². The average molecular weight is 386 g/mol. The van der Waals surface area contributed by atoms with Crippen molar-refractivity contribution < 1.29 is 13.6 Å². The van der Waals surface area contributed by atoms with Crippen LogP contribution in [0.3, 0.4) is 0 Å². The van der Waals surface area contributed by atoms with Gasteiger partial charge in [0.2, 0.25) is 0 Å². The van der Waals surface area contributed by atoms with Crippen molar-refractivity contribution >= 4 is 17.5 Å². The quantitative estimate of drug-likeness (QED) is 0.347. The molecule has 5 nitrogen and oxygen atoms in total. The van der Waals surface area contributed by atoms with Crippen molar-refractivity contribution in [3.8, 4) is 11.4 Å². The number of hydrogen-bond donors (Lipinski definition) is 0. The monoisotopic (exact) mass is 386 g/mol. The highest BCUT2D eigenvalue weighted by molar-refractivity contribution is 8.00. The van der Waals surface area contributed by atoms with Crippen molar-refractivity contribution in [2.24, 2.45) is 0 Å². The third kappa shape index (κ3) is 4.11. The molecule has 1 unspecified atom stereocenters. The van der Waals surface area contributed by atoms with Gasteiger partial charge in [-0.2, -0.15) is 0 Å². The van der Waals surface area contributed by atoms with Crippen molar-refractivity contribution in [2.45, 2.75) is 23.9 Å². The number of benzene rings is 1. The number of thioether (sulfide) groups is 1. The molecule has 3 rings (SSSR count). The molecule has 0 saturated heterocycles. The summed E-state index contributed by atoms with van der Waals surface area (Å²) < 4.78 is 28.8. The highest BCUT2D eigenvalue weighted by atomic mass is 32.2. The fourth-order valence-electron chi connectivity index (χ4n) is 2.50. The molecule has 0 fully saturated rings. The van der Waals surface area contributed by atoms with Gasteiger partial charge >= 0.3 is 0 Å². The fraction of sp³-hybridized carbons (Fsp3) is 0.158. The number of pyridine rings is 1. The van der Waals surface area contributed by atoms with Crippen LogP contribution in [-0.4, -0.2) is 30.8 Å². The second-order valence-corrected chi connectivity index (χ2v) is 7.00. The van der Waals surface area contributed by atoms with Gasteiger partial charge in [0.1, 0.15) is 11.6 Å². The Kier molecular flexibility index (Phi) is 5.75. The zero-order chi connectivity index (χ0) is 19.4. The van der Waals surface area contributed by atoms with Crippen LogP contribution in [0, 0.1) is 11.6 Å². The van der Waals surface area contributed by atoms with Gasteiger partial charge in [0.05, 0.1) is 10.8 Å². The van der Waals surface area contributed by atoms with Crippen LogP contribution in [-0.2, 0) is 6.54 Å². The molecule has 1 atom stereocenters. The summed E-state index contributed by atoms with van der Waals surface area (Å²) in [5.74, 6) is -1.43. The predicted molar refractivity (Wildman–Crippen MR) is 99.5 cm³/mol. The molecular formula is C19H16F2N4OS. The van der Waals surface area contributed by atoms with E-state index in [1.165, 1.54) is 0 Å². The Morgan fingerprint density at radius 1 is 1.26 bits per heavy atom. The van der Waals surface area contributed by atoms with E-state index in [0.717, 1.165) is 29.5 Å². The Hall–Kier alpha value is -2.87. The van der Waals surface area contributed by atoms with Gasteiger partial charge in [-0.15, -0.1) is 16.8 Å². The number of Topliss-reactive ketones (excluding diaryl/α,β-unsaturated/α-hetero) is 1. The van der Waals surface area contributed by atoms with Gasteiger partial charge in [-0.1, -0.05) is 17.8 Å². The summed E-state index contributed by atoms with van der Waals surface area (Å²) >= 11 is 1.16. The molecule has 0 aliphatic rings. The van der Waals surface area contributed by atoms with Gasteiger partial charge in [-0.05, 0) is 31.2 Å². The first-order chi connectivity index (χ1) is 13.0. The maximum atomic E-state index is 13.9. The first-order valence-electron chi connectivity index (χ1n) is 8.11. The first-order valence-corrected chi connectivity index (χ1v) is 8.99. The van der Waals surface area contributed by atoms with Crippen LogP contribution in [0.1, 0.15) is 17.3 Å².